The molecule has 0 saturated heterocycles. The number of benzene rings is 1. The number of aromatic hydroxyl groups is 1. The summed E-state index contributed by atoms with van der Waals surface area (Å²) in [5, 5.41) is 9.75. The average molecular weight is 371 g/mol. The Labute approximate surface area is 157 Å². The minimum absolute atomic E-state index is 0. The van der Waals surface area contributed by atoms with E-state index in [1.54, 1.807) is 12.1 Å². The standard InChI is InChI=1S/C19H30N2O3.ClH/c1-14-5-8-16(9-6-14)21(12-11-20(2)3)19(23)15-7-10-17(22)18(13-15)24-4;/h7,10,13-14,16,22H,5-6,8-9,11-12H2,1-4H3;1H. The first-order valence-electron chi connectivity index (χ1n) is 8.75. The van der Waals surface area contributed by atoms with E-state index in [0.717, 1.165) is 25.3 Å². The van der Waals surface area contributed by atoms with Crippen LogP contribution in [0, 0.1) is 5.92 Å². The van der Waals surface area contributed by atoms with Gasteiger partial charge in [-0.3, -0.25) is 4.79 Å². The molecule has 6 heteroatoms. The van der Waals surface area contributed by atoms with Crippen LogP contribution < -0.4 is 4.74 Å². The number of phenols is 1. The zero-order chi connectivity index (χ0) is 17.7. The van der Waals surface area contributed by atoms with Gasteiger partial charge in [-0.1, -0.05) is 6.92 Å². The van der Waals surface area contributed by atoms with Gasteiger partial charge < -0.3 is 19.6 Å². The van der Waals surface area contributed by atoms with Gasteiger partial charge >= 0.3 is 0 Å². The molecule has 5 nitrogen and oxygen atoms in total. The minimum atomic E-state index is 0. The highest BCUT2D eigenvalue weighted by atomic mass is 35.5. The van der Waals surface area contributed by atoms with Crippen molar-refractivity contribution in [3.63, 3.8) is 0 Å². The molecule has 1 N–H and O–H groups in total. The zero-order valence-corrected chi connectivity index (χ0v) is 16.5. The number of likely N-dealkylation sites (N-methyl/N-ethyl adjacent to an activating group) is 1. The number of nitrogens with zero attached hydrogens (tertiary/aromatic N) is 2. The summed E-state index contributed by atoms with van der Waals surface area (Å²) in [7, 11) is 5.54. The molecule has 1 aromatic carbocycles. The summed E-state index contributed by atoms with van der Waals surface area (Å²) in [6, 6.07) is 5.13. The van der Waals surface area contributed by atoms with Crippen LogP contribution >= 0.6 is 12.4 Å². The molecule has 1 aromatic rings. The van der Waals surface area contributed by atoms with E-state index < -0.39 is 0 Å². The lowest BCUT2D eigenvalue weighted by molar-refractivity contribution is 0.0597. The molecule has 0 aromatic heterocycles. The predicted octanol–water partition coefficient (Wildman–Crippen LogP) is 3.41. The third-order valence-electron chi connectivity index (χ3n) is 4.90. The number of hydrogen-bond acceptors (Lipinski definition) is 4. The van der Waals surface area contributed by atoms with Crippen molar-refractivity contribution in [2.24, 2.45) is 5.92 Å². The monoisotopic (exact) mass is 370 g/mol. The van der Waals surface area contributed by atoms with E-state index in [4.69, 9.17) is 4.74 Å². The minimum Gasteiger partial charge on any atom is -0.504 e. The Bertz CT molecular complexity index is 558. The van der Waals surface area contributed by atoms with Crippen molar-refractivity contribution in [1.82, 2.24) is 9.80 Å². The van der Waals surface area contributed by atoms with Crippen LogP contribution in [0.3, 0.4) is 0 Å². The molecular weight excluding hydrogens is 340 g/mol. The van der Waals surface area contributed by atoms with E-state index in [-0.39, 0.29) is 24.1 Å². The fraction of sp³-hybridized carbons (Fsp3) is 0.632. The van der Waals surface area contributed by atoms with Gasteiger partial charge in [-0.2, -0.15) is 0 Å². The maximum Gasteiger partial charge on any atom is 0.254 e. The summed E-state index contributed by atoms with van der Waals surface area (Å²) < 4.78 is 5.14. The van der Waals surface area contributed by atoms with Crippen molar-refractivity contribution >= 4 is 18.3 Å². The van der Waals surface area contributed by atoms with Crippen molar-refractivity contribution in [3.8, 4) is 11.5 Å². The zero-order valence-electron chi connectivity index (χ0n) is 15.7. The number of carbonyl (C=O) groups is 1. The molecule has 0 spiro atoms. The first-order chi connectivity index (χ1) is 11.4. The van der Waals surface area contributed by atoms with Crippen LogP contribution in [0.1, 0.15) is 43.0 Å². The number of carbonyl (C=O) groups excluding carboxylic acids is 1. The molecule has 0 atom stereocenters. The maximum atomic E-state index is 13.1. The van der Waals surface area contributed by atoms with Crippen LogP contribution in [-0.2, 0) is 0 Å². The fourth-order valence-electron chi connectivity index (χ4n) is 3.29. The summed E-state index contributed by atoms with van der Waals surface area (Å²) in [4.78, 5) is 17.2. The van der Waals surface area contributed by atoms with Gasteiger partial charge in [0.2, 0.25) is 0 Å². The van der Waals surface area contributed by atoms with Crippen molar-refractivity contribution in [2.75, 3.05) is 34.3 Å². The molecule has 1 saturated carbocycles. The van der Waals surface area contributed by atoms with E-state index in [1.807, 2.05) is 19.0 Å². The van der Waals surface area contributed by atoms with Crippen molar-refractivity contribution in [2.45, 2.75) is 38.6 Å². The van der Waals surface area contributed by atoms with Gasteiger partial charge in [0.15, 0.2) is 11.5 Å². The smallest absolute Gasteiger partial charge is 0.254 e. The van der Waals surface area contributed by atoms with Gasteiger partial charge in [-0.25, -0.2) is 0 Å². The lowest BCUT2D eigenvalue weighted by Gasteiger charge is -2.37. The molecule has 2 rings (SSSR count). The van der Waals surface area contributed by atoms with Crippen LogP contribution in [0.2, 0.25) is 0 Å². The van der Waals surface area contributed by atoms with E-state index in [2.05, 4.69) is 11.8 Å². The number of rotatable bonds is 6. The molecule has 1 amide bonds. The Balaban J connectivity index is 0.00000312. The average Bonchev–Trinajstić information content (AvgIpc) is 2.56. The third-order valence-corrected chi connectivity index (χ3v) is 4.90. The van der Waals surface area contributed by atoms with Gasteiger partial charge in [0, 0.05) is 24.7 Å². The summed E-state index contributed by atoms with van der Waals surface area (Å²) in [5.74, 6) is 1.17. The highest BCUT2D eigenvalue weighted by molar-refractivity contribution is 5.95. The lowest BCUT2D eigenvalue weighted by atomic mass is 9.86. The molecule has 142 valence electrons. The van der Waals surface area contributed by atoms with Crippen LogP contribution in [-0.4, -0.2) is 61.2 Å². The van der Waals surface area contributed by atoms with Crippen LogP contribution in [0.4, 0.5) is 0 Å². The normalized spacial score (nSPS) is 20.0. The Morgan fingerprint density at radius 3 is 2.40 bits per heavy atom. The fourth-order valence-corrected chi connectivity index (χ4v) is 3.29. The molecule has 1 aliphatic rings. The Kier molecular flexibility index (Phi) is 8.53. The van der Waals surface area contributed by atoms with Crippen LogP contribution in [0.5, 0.6) is 11.5 Å². The Morgan fingerprint density at radius 1 is 1.20 bits per heavy atom. The van der Waals surface area contributed by atoms with E-state index in [1.165, 1.54) is 26.0 Å². The van der Waals surface area contributed by atoms with Crippen molar-refractivity contribution < 1.29 is 14.6 Å². The quantitative estimate of drug-likeness (QED) is 0.833. The topological polar surface area (TPSA) is 53.0 Å². The molecule has 0 radical (unpaired) electrons. The number of phenolic OH excluding ortho intramolecular Hbond substituents is 1. The first kappa shape index (κ1) is 21.6. The van der Waals surface area contributed by atoms with E-state index in [0.29, 0.717) is 23.9 Å². The number of ether oxygens (including phenoxy) is 1. The SMILES string of the molecule is COc1cc(C(=O)N(CCN(C)C)C2CCC(C)CC2)ccc1O.Cl. The van der Waals surface area contributed by atoms with Gasteiger partial charge in [0.1, 0.15) is 0 Å². The molecule has 0 unspecified atom stereocenters. The molecule has 0 aliphatic heterocycles. The molecule has 0 bridgehead atoms. The number of methoxy groups -OCH3 is 1. The summed E-state index contributed by atoms with van der Waals surface area (Å²) in [5.41, 5.74) is 0.571. The summed E-state index contributed by atoms with van der Waals surface area (Å²) in [6.45, 7) is 3.84. The highest BCUT2D eigenvalue weighted by Gasteiger charge is 2.28. The van der Waals surface area contributed by atoms with Gasteiger partial charge in [0.25, 0.3) is 5.91 Å². The Morgan fingerprint density at radius 2 is 1.84 bits per heavy atom. The van der Waals surface area contributed by atoms with Crippen molar-refractivity contribution in [3.05, 3.63) is 23.8 Å². The van der Waals surface area contributed by atoms with Crippen molar-refractivity contribution in [1.29, 1.82) is 0 Å². The van der Waals surface area contributed by atoms with Crippen LogP contribution in [0.25, 0.3) is 0 Å². The maximum absolute atomic E-state index is 13.1. The molecule has 0 heterocycles. The van der Waals surface area contributed by atoms with Crippen LogP contribution in [0.15, 0.2) is 18.2 Å². The molecule has 25 heavy (non-hydrogen) atoms. The third kappa shape index (κ3) is 5.79. The molecule has 1 aliphatic carbocycles. The highest BCUT2D eigenvalue weighted by Crippen LogP contribution is 2.30. The second-order valence-electron chi connectivity index (χ2n) is 7.10. The Hall–Kier alpha value is -1.46. The largest absolute Gasteiger partial charge is 0.504 e. The first-order valence-corrected chi connectivity index (χ1v) is 8.75. The number of halogens is 1. The number of amides is 1. The lowest BCUT2D eigenvalue weighted by Crippen LogP contribution is -2.45. The summed E-state index contributed by atoms with van der Waals surface area (Å²) >= 11 is 0. The second-order valence-corrected chi connectivity index (χ2v) is 7.10. The van der Waals surface area contributed by atoms with Gasteiger partial charge in [-0.15, -0.1) is 12.4 Å². The molecule has 1 fully saturated rings. The summed E-state index contributed by atoms with van der Waals surface area (Å²) in [6.07, 6.45) is 4.48. The van der Waals surface area contributed by atoms with E-state index >= 15 is 0 Å². The number of hydrogen-bond donors (Lipinski definition) is 1. The predicted molar refractivity (Wildman–Crippen MR) is 103 cm³/mol. The second kappa shape index (κ2) is 9.88. The van der Waals surface area contributed by atoms with E-state index in [9.17, 15) is 9.90 Å². The van der Waals surface area contributed by atoms with Gasteiger partial charge in [0.05, 0.1) is 7.11 Å². The molecular formula is C19H31ClN2O3. The van der Waals surface area contributed by atoms with Gasteiger partial charge in [-0.05, 0) is 63.9 Å².